The van der Waals surface area contributed by atoms with Crippen LogP contribution in [0.5, 0.6) is 0 Å². The standard InChI is InChI=1S/C7H8BN5/c1-2-3(9)4(10)5(11)6(12)7(2)13-8/h10-12H,9H2,1H3. The van der Waals surface area contributed by atoms with E-state index >= 15 is 0 Å². The molecule has 0 bridgehead atoms. The van der Waals surface area contributed by atoms with Crippen molar-refractivity contribution in [1.82, 2.24) is 0 Å². The Balaban J connectivity index is 4.15. The van der Waals surface area contributed by atoms with Gasteiger partial charge in [-0.1, -0.05) is 0 Å². The van der Waals surface area contributed by atoms with Crippen LogP contribution < -0.4 is 27.2 Å². The Kier molecular flexibility index (Phi) is 2.14. The lowest BCUT2D eigenvalue weighted by Gasteiger charge is -1.99. The van der Waals surface area contributed by atoms with Crippen LogP contribution in [0.25, 0.3) is 0 Å². The minimum Gasteiger partial charge on any atom is -0.397 e. The van der Waals surface area contributed by atoms with Gasteiger partial charge < -0.3 is 10.6 Å². The van der Waals surface area contributed by atoms with Gasteiger partial charge in [-0.3, -0.25) is 16.2 Å². The van der Waals surface area contributed by atoms with Gasteiger partial charge in [0, 0.05) is 5.56 Å². The van der Waals surface area contributed by atoms with Crippen molar-refractivity contribution < 1.29 is 0 Å². The molecule has 0 heterocycles. The van der Waals surface area contributed by atoms with Gasteiger partial charge in [-0.25, -0.2) is 0 Å². The molecule has 0 spiro atoms. The third kappa shape index (κ3) is 1.20. The van der Waals surface area contributed by atoms with E-state index in [0.717, 1.165) is 0 Å². The summed E-state index contributed by atoms with van der Waals surface area (Å²) >= 11 is 0. The van der Waals surface area contributed by atoms with Crippen LogP contribution in [0.4, 0.5) is 5.69 Å². The molecule has 5 N–H and O–H groups in total. The van der Waals surface area contributed by atoms with Crippen molar-refractivity contribution >= 4 is 13.7 Å². The number of anilines is 1. The van der Waals surface area contributed by atoms with Gasteiger partial charge in [-0.05, 0) is 6.92 Å². The fraction of sp³-hybridized carbons (Fsp3) is 0.143. The minimum atomic E-state index is -0.243. The van der Waals surface area contributed by atoms with Crippen LogP contribution in [0, 0.1) is 23.2 Å². The van der Waals surface area contributed by atoms with Gasteiger partial charge in [0.15, 0.2) is 0 Å². The Morgan fingerprint density at radius 1 is 1.15 bits per heavy atom. The topological polar surface area (TPSA) is 110 Å². The quantitative estimate of drug-likeness (QED) is 0.261. The number of nitrogens with one attached hydrogen (secondary N) is 3. The Morgan fingerprint density at radius 2 is 1.69 bits per heavy atom. The zero-order chi connectivity index (χ0) is 10.2. The lowest BCUT2D eigenvalue weighted by Crippen LogP contribution is -2.49. The van der Waals surface area contributed by atoms with Crippen molar-refractivity contribution in [1.29, 1.82) is 16.2 Å². The highest BCUT2D eigenvalue weighted by Crippen LogP contribution is 1.91. The van der Waals surface area contributed by atoms with Crippen LogP contribution in [-0.2, 0) is 0 Å². The molecule has 1 aromatic rings. The largest absolute Gasteiger partial charge is 0.397 e. The molecule has 0 aromatic heterocycles. The molecule has 0 saturated carbocycles. The summed E-state index contributed by atoms with van der Waals surface area (Å²) in [6.45, 7) is 1.62. The molecule has 0 aliphatic carbocycles. The third-order valence-corrected chi connectivity index (χ3v) is 1.89. The number of benzene rings is 1. The molecule has 0 fully saturated rings. The number of hydrogen-bond acceptors (Lipinski definition) is 5. The fourth-order valence-electron chi connectivity index (χ4n) is 1.04. The van der Waals surface area contributed by atoms with Gasteiger partial charge in [-0.2, -0.15) is 0 Å². The zero-order valence-corrected chi connectivity index (χ0v) is 7.10. The highest BCUT2D eigenvalue weighted by Gasteiger charge is 2.03. The summed E-state index contributed by atoms with van der Waals surface area (Å²) in [6.07, 6.45) is 0. The van der Waals surface area contributed by atoms with E-state index < -0.39 is 0 Å². The maximum absolute atomic E-state index is 7.44. The number of hydrogen-bond donors (Lipinski definition) is 4. The van der Waals surface area contributed by atoms with Crippen LogP contribution >= 0.6 is 0 Å². The van der Waals surface area contributed by atoms with Crippen LogP contribution in [-0.4, -0.2) is 7.98 Å². The molecule has 0 atom stereocenters. The Labute approximate surface area is 75.3 Å². The molecular weight excluding hydrogens is 165 g/mol. The summed E-state index contributed by atoms with van der Waals surface area (Å²) < 4.78 is 0. The summed E-state index contributed by atoms with van der Waals surface area (Å²) in [5, 5.41) is 21.8. The van der Waals surface area contributed by atoms with Crippen molar-refractivity contribution in [3.05, 3.63) is 27.0 Å². The van der Waals surface area contributed by atoms with E-state index in [1.807, 2.05) is 0 Å². The predicted octanol–water partition coefficient (Wildman–Crippen LogP) is -2.12. The van der Waals surface area contributed by atoms with Crippen LogP contribution in [0.15, 0.2) is 4.90 Å². The maximum Gasteiger partial charge on any atom is 0.260 e. The molecule has 1 rings (SSSR count). The van der Waals surface area contributed by atoms with Gasteiger partial charge >= 0.3 is 0 Å². The molecular formula is C7H8BN5. The van der Waals surface area contributed by atoms with Crippen LogP contribution in [0.3, 0.4) is 0 Å². The van der Waals surface area contributed by atoms with E-state index in [2.05, 4.69) is 4.90 Å². The SMILES string of the molecule is [B]N=c1c(C)c(N)c(=N)c(=N)c1=N. The van der Waals surface area contributed by atoms with Crippen molar-refractivity contribution in [2.75, 3.05) is 5.73 Å². The lowest BCUT2D eigenvalue weighted by atomic mass is 10.1. The van der Waals surface area contributed by atoms with E-state index in [-0.39, 0.29) is 27.1 Å². The van der Waals surface area contributed by atoms with Crippen LogP contribution in [0.2, 0.25) is 0 Å². The molecule has 0 saturated heterocycles. The second-order valence-electron chi connectivity index (χ2n) is 2.64. The van der Waals surface area contributed by atoms with E-state index in [4.69, 9.17) is 29.9 Å². The van der Waals surface area contributed by atoms with Crippen molar-refractivity contribution in [3.8, 4) is 0 Å². The lowest BCUT2D eigenvalue weighted by molar-refractivity contribution is 1.02. The highest BCUT2D eigenvalue weighted by molar-refractivity contribution is 6.05. The smallest absolute Gasteiger partial charge is 0.260 e. The normalized spacial score (nSPS) is 11.9. The summed E-state index contributed by atoms with van der Waals surface area (Å²) in [5.74, 6) is 0. The average molecular weight is 173 g/mol. The molecule has 0 aliphatic rings. The molecule has 1 aromatic carbocycles. The molecule has 5 nitrogen and oxygen atoms in total. The van der Waals surface area contributed by atoms with Crippen molar-refractivity contribution in [2.24, 2.45) is 4.90 Å². The van der Waals surface area contributed by atoms with Crippen LogP contribution in [0.1, 0.15) is 5.56 Å². The first-order valence-corrected chi connectivity index (χ1v) is 3.52. The molecule has 0 unspecified atom stereocenters. The Morgan fingerprint density at radius 3 is 2.15 bits per heavy atom. The van der Waals surface area contributed by atoms with Gasteiger partial charge in [0.25, 0.3) is 7.98 Å². The summed E-state index contributed by atoms with van der Waals surface area (Å²) in [5.41, 5.74) is 6.16. The second kappa shape index (κ2) is 2.97. The molecule has 0 aliphatic heterocycles. The first-order chi connectivity index (χ1) is 6.00. The monoisotopic (exact) mass is 173 g/mol. The van der Waals surface area contributed by atoms with Gasteiger partial charge in [-0.15, -0.1) is 0 Å². The third-order valence-electron chi connectivity index (χ3n) is 1.89. The molecule has 6 heteroatoms. The van der Waals surface area contributed by atoms with E-state index in [0.29, 0.717) is 5.56 Å². The fourth-order valence-corrected chi connectivity index (χ4v) is 1.04. The minimum absolute atomic E-state index is 0.144. The van der Waals surface area contributed by atoms with Crippen molar-refractivity contribution in [2.45, 2.75) is 6.92 Å². The van der Waals surface area contributed by atoms with E-state index in [9.17, 15) is 0 Å². The predicted molar refractivity (Wildman–Crippen MR) is 46.8 cm³/mol. The highest BCUT2D eigenvalue weighted by atomic mass is 14.7. The van der Waals surface area contributed by atoms with E-state index in [1.165, 1.54) is 0 Å². The first-order valence-electron chi connectivity index (χ1n) is 3.52. The number of rotatable bonds is 0. The van der Waals surface area contributed by atoms with E-state index in [1.54, 1.807) is 6.92 Å². The summed E-state index contributed by atoms with van der Waals surface area (Å²) in [4.78, 5) is 3.36. The Bertz CT molecular complexity index is 550. The van der Waals surface area contributed by atoms with Gasteiger partial charge in [0.05, 0.1) is 11.0 Å². The number of nitrogens with two attached hydrogens (primary N) is 1. The average Bonchev–Trinajstić information content (AvgIpc) is 2.13. The zero-order valence-electron chi connectivity index (χ0n) is 7.10. The van der Waals surface area contributed by atoms with Gasteiger partial charge in [0.2, 0.25) is 0 Å². The maximum atomic E-state index is 7.44. The molecule has 64 valence electrons. The summed E-state index contributed by atoms with van der Waals surface area (Å²) in [7, 11) is 5.04. The Hall–Kier alpha value is -1.72. The number of nitrogens with zero attached hydrogens (tertiary/aromatic N) is 1. The van der Waals surface area contributed by atoms with Crippen molar-refractivity contribution in [3.63, 3.8) is 0 Å². The first kappa shape index (κ1) is 9.37. The second-order valence-corrected chi connectivity index (χ2v) is 2.64. The number of nitrogen functional groups attached to an aromatic ring is 1. The molecule has 2 radical (unpaired) electrons. The molecule has 13 heavy (non-hydrogen) atoms. The molecule has 0 amide bonds. The summed E-state index contributed by atoms with van der Waals surface area (Å²) in [6, 6.07) is 0. The van der Waals surface area contributed by atoms with Gasteiger partial charge in [0.1, 0.15) is 16.1 Å².